The number of nitrogens with one attached hydrogen (secondary N) is 1. The van der Waals surface area contributed by atoms with Crippen molar-refractivity contribution in [3.05, 3.63) is 65.0 Å². The first kappa shape index (κ1) is 17.4. The van der Waals surface area contributed by atoms with Crippen molar-refractivity contribution in [2.75, 3.05) is 6.61 Å². The van der Waals surface area contributed by atoms with Gasteiger partial charge < -0.3 is 15.8 Å². The summed E-state index contributed by atoms with van der Waals surface area (Å²) in [4.78, 5) is 10.8. The van der Waals surface area contributed by atoms with Gasteiger partial charge in [0.2, 0.25) is 0 Å². The maximum Gasteiger partial charge on any atom is 0.255 e. The summed E-state index contributed by atoms with van der Waals surface area (Å²) in [6, 6.07) is 13.0. The predicted octanol–water partition coefficient (Wildman–Crippen LogP) is 3.10. The molecule has 0 radical (unpaired) electrons. The van der Waals surface area contributed by atoms with E-state index >= 15 is 0 Å². The molecule has 0 aromatic heterocycles. The molecule has 2 aromatic rings. The smallest absolute Gasteiger partial charge is 0.255 e. The highest BCUT2D eigenvalue weighted by atomic mass is 19.1. The van der Waals surface area contributed by atoms with E-state index in [1.807, 2.05) is 24.3 Å². The Labute approximate surface area is 147 Å². The van der Waals surface area contributed by atoms with Crippen molar-refractivity contribution in [1.82, 2.24) is 5.32 Å². The third-order valence-corrected chi connectivity index (χ3v) is 4.71. The molecular weight excluding hydrogens is 319 g/mol. The quantitative estimate of drug-likeness (QED) is 0.848. The third kappa shape index (κ3) is 4.17. The fourth-order valence-corrected chi connectivity index (χ4v) is 3.41. The summed E-state index contributed by atoms with van der Waals surface area (Å²) in [7, 11) is 0. The van der Waals surface area contributed by atoms with E-state index in [0.717, 1.165) is 29.5 Å². The average Bonchev–Trinajstić information content (AvgIpc) is 2.60. The molecule has 132 valence electrons. The minimum Gasteiger partial charge on any atom is -0.484 e. The number of rotatable bonds is 6. The Morgan fingerprint density at radius 2 is 2.12 bits per heavy atom. The van der Waals surface area contributed by atoms with Crippen molar-refractivity contribution >= 4 is 5.91 Å². The number of benzene rings is 2. The zero-order chi connectivity index (χ0) is 17.8. The van der Waals surface area contributed by atoms with Crippen LogP contribution >= 0.6 is 0 Å². The zero-order valence-corrected chi connectivity index (χ0v) is 14.3. The summed E-state index contributed by atoms with van der Waals surface area (Å²) in [6.45, 7) is 2.69. The molecule has 0 saturated carbocycles. The monoisotopic (exact) mass is 342 g/mol. The van der Waals surface area contributed by atoms with Gasteiger partial charge in [0.1, 0.15) is 11.6 Å². The topological polar surface area (TPSA) is 64.3 Å². The third-order valence-electron chi connectivity index (χ3n) is 4.71. The zero-order valence-electron chi connectivity index (χ0n) is 14.3. The second kappa shape index (κ2) is 7.66. The number of ether oxygens (including phenoxy) is 1. The molecule has 3 N–H and O–H groups in total. The first-order valence-electron chi connectivity index (χ1n) is 8.55. The molecule has 2 atom stereocenters. The molecule has 0 aliphatic heterocycles. The van der Waals surface area contributed by atoms with Crippen LogP contribution in [0, 0.1) is 11.7 Å². The van der Waals surface area contributed by atoms with Gasteiger partial charge in [-0.1, -0.05) is 31.2 Å². The summed E-state index contributed by atoms with van der Waals surface area (Å²) >= 11 is 0. The Balaban J connectivity index is 1.70. The van der Waals surface area contributed by atoms with E-state index in [2.05, 4.69) is 12.2 Å². The van der Waals surface area contributed by atoms with Crippen molar-refractivity contribution in [3.63, 3.8) is 0 Å². The maximum atomic E-state index is 14.1. The van der Waals surface area contributed by atoms with Crippen molar-refractivity contribution in [2.24, 2.45) is 11.7 Å². The van der Waals surface area contributed by atoms with Crippen molar-refractivity contribution < 1.29 is 13.9 Å². The van der Waals surface area contributed by atoms with Gasteiger partial charge in [0.25, 0.3) is 5.91 Å². The van der Waals surface area contributed by atoms with Crippen LogP contribution in [0.15, 0.2) is 42.5 Å². The van der Waals surface area contributed by atoms with E-state index < -0.39 is 5.91 Å². The van der Waals surface area contributed by atoms with Gasteiger partial charge in [-0.05, 0) is 53.6 Å². The molecule has 2 aromatic carbocycles. The second-order valence-electron chi connectivity index (χ2n) is 6.58. The van der Waals surface area contributed by atoms with Gasteiger partial charge in [0, 0.05) is 12.6 Å². The standard InChI is InChI=1S/C20H23FN2O2/c1-13-8-9-16-17(6-3-7-18(16)21)20(13)23-11-14-4-2-5-15(10-14)25-12-19(22)24/h2-7,10,13,20,23H,8-9,11-12H2,1H3,(H2,22,24). The summed E-state index contributed by atoms with van der Waals surface area (Å²) in [6.07, 6.45) is 1.76. The lowest BCUT2D eigenvalue weighted by molar-refractivity contribution is -0.119. The number of hydrogen-bond donors (Lipinski definition) is 2. The Hall–Kier alpha value is -2.40. The van der Waals surface area contributed by atoms with Crippen LogP contribution in [0.1, 0.15) is 36.1 Å². The van der Waals surface area contributed by atoms with Crippen LogP contribution in [-0.2, 0) is 17.8 Å². The number of carbonyl (C=O) groups is 1. The Morgan fingerprint density at radius 1 is 1.32 bits per heavy atom. The first-order valence-corrected chi connectivity index (χ1v) is 8.55. The molecule has 0 saturated heterocycles. The number of halogens is 1. The molecule has 3 rings (SSSR count). The molecule has 4 nitrogen and oxygen atoms in total. The van der Waals surface area contributed by atoms with Crippen LogP contribution in [0.3, 0.4) is 0 Å². The van der Waals surface area contributed by atoms with Crippen LogP contribution in [0.2, 0.25) is 0 Å². The lowest BCUT2D eigenvalue weighted by Crippen LogP contribution is -2.31. The van der Waals surface area contributed by atoms with Crippen LogP contribution in [0.4, 0.5) is 4.39 Å². The predicted molar refractivity (Wildman–Crippen MR) is 94.6 cm³/mol. The van der Waals surface area contributed by atoms with Gasteiger partial charge in [-0.25, -0.2) is 4.39 Å². The molecule has 2 unspecified atom stereocenters. The second-order valence-corrected chi connectivity index (χ2v) is 6.58. The van der Waals surface area contributed by atoms with E-state index in [0.29, 0.717) is 18.2 Å². The SMILES string of the molecule is CC1CCc2c(F)cccc2C1NCc1cccc(OCC(N)=O)c1. The van der Waals surface area contributed by atoms with E-state index in [1.165, 1.54) is 6.07 Å². The number of carbonyl (C=O) groups excluding carboxylic acids is 1. The lowest BCUT2D eigenvalue weighted by Gasteiger charge is -2.32. The highest BCUT2D eigenvalue weighted by molar-refractivity contribution is 5.75. The van der Waals surface area contributed by atoms with Crippen LogP contribution in [-0.4, -0.2) is 12.5 Å². The molecule has 0 fully saturated rings. The van der Waals surface area contributed by atoms with E-state index in [9.17, 15) is 9.18 Å². The Kier molecular flexibility index (Phi) is 5.34. The number of nitrogens with two attached hydrogens (primary N) is 1. The van der Waals surface area contributed by atoms with E-state index in [1.54, 1.807) is 12.1 Å². The summed E-state index contributed by atoms with van der Waals surface area (Å²) in [5.74, 6) is 0.432. The molecule has 0 bridgehead atoms. The van der Waals surface area contributed by atoms with Gasteiger partial charge in [-0.3, -0.25) is 4.79 Å². The van der Waals surface area contributed by atoms with Crippen LogP contribution in [0.5, 0.6) is 5.75 Å². The molecule has 1 aliphatic carbocycles. The van der Waals surface area contributed by atoms with Crippen molar-refractivity contribution in [2.45, 2.75) is 32.4 Å². The highest BCUT2D eigenvalue weighted by Gasteiger charge is 2.27. The normalized spacial score (nSPS) is 19.3. The summed E-state index contributed by atoms with van der Waals surface area (Å²) < 4.78 is 19.4. The lowest BCUT2D eigenvalue weighted by atomic mass is 9.80. The fourth-order valence-electron chi connectivity index (χ4n) is 3.41. The Bertz CT molecular complexity index is 763. The number of fused-ring (bicyclic) bond motifs is 1. The maximum absolute atomic E-state index is 14.1. The van der Waals surface area contributed by atoms with Crippen LogP contribution < -0.4 is 15.8 Å². The Morgan fingerprint density at radius 3 is 2.92 bits per heavy atom. The minimum atomic E-state index is -0.502. The summed E-state index contributed by atoms with van der Waals surface area (Å²) in [5.41, 5.74) is 8.03. The summed E-state index contributed by atoms with van der Waals surface area (Å²) in [5, 5.41) is 3.55. The number of amides is 1. The van der Waals surface area contributed by atoms with Gasteiger partial charge in [0.05, 0.1) is 0 Å². The van der Waals surface area contributed by atoms with Crippen molar-refractivity contribution in [3.8, 4) is 5.75 Å². The molecule has 0 heterocycles. The number of hydrogen-bond acceptors (Lipinski definition) is 3. The molecule has 1 aliphatic rings. The van der Waals surface area contributed by atoms with E-state index in [4.69, 9.17) is 10.5 Å². The molecular formula is C20H23FN2O2. The fraction of sp³-hybridized carbons (Fsp3) is 0.350. The van der Waals surface area contributed by atoms with Crippen LogP contribution in [0.25, 0.3) is 0 Å². The highest BCUT2D eigenvalue weighted by Crippen LogP contribution is 2.35. The molecule has 5 heteroatoms. The largest absolute Gasteiger partial charge is 0.484 e. The van der Waals surface area contributed by atoms with Gasteiger partial charge in [-0.2, -0.15) is 0 Å². The van der Waals surface area contributed by atoms with Gasteiger partial charge >= 0.3 is 0 Å². The minimum absolute atomic E-state index is 0.113. The molecule has 0 spiro atoms. The molecule has 1 amide bonds. The average molecular weight is 342 g/mol. The van der Waals surface area contributed by atoms with Gasteiger partial charge in [0.15, 0.2) is 6.61 Å². The van der Waals surface area contributed by atoms with Crippen molar-refractivity contribution in [1.29, 1.82) is 0 Å². The molecule has 25 heavy (non-hydrogen) atoms. The van der Waals surface area contributed by atoms with E-state index in [-0.39, 0.29) is 18.5 Å². The number of primary amides is 1. The van der Waals surface area contributed by atoms with Gasteiger partial charge in [-0.15, -0.1) is 0 Å². The first-order chi connectivity index (χ1) is 12.0.